The minimum absolute atomic E-state index is 0.358. The molecule has 72 valence electrons. The first kappa shape index (κ1) is 9.15. The molecule has 2 rings (SSSR count). The summed E-state index contributed by atoms with van der Waals surface area (Å²) in [6, 6.07) is 0. The molecule has 1 amide bonds. The number of primary amides is 1. The van der Waals surface area contributed by atoms with Gasteiger partial charge in [-0.05, 0) is 19.4 Å². The van der Waals surface area contributed by atoms with Crippen LogP contribution in [0.4, 0.5) is 0 Å². The number of amides is 1. The van der Waals surface area contributed by atoms with E-state index in [9.17, 15) is 4.79 Å². The number of thiophene rings is 1. The molecule has 0 fully saturated rings. The first-order chi connectivity index (χ1) is 6.61. The predicted molar refractivity (Wildman–Crippen MR) is 57.6 cm³/mol. The van der Waals surface area contributed by atoms with Gasteiger partial charge in [0.25, 0.3) is 0 Å². The third kappa shape index (κ3) is 1.19. The largest absolute Gasteiger partial charge is 0.366 e. The summed E-state index contributed by atoms with van der Waals surface area (Å²) in [5.41, 5.74) is 6.99. The Bertz CT molecular complexity index is 516. The van der Waals surface area contributed by atoms with Crippen LogP contribution in [0.1, 0.15) is 20.8 Å². The molecule has 3 nitrogen and oxygen atoms in total. The Morgan fingerprint density at radius 2 is 2.14 bits per heavy atom. The normalized spacial score (nSPS) is 10.7. The Morgan fingerprint density at radius 1 is 1.43 bits per heavy atom. The van der Waals surface area contributed by atoms with Gasteiger partial charge in [-0.2, -0.15) is 0 Å². The Kier molecular flexibility index (Phi) is 2.00. The van der Waals surface area contributed by atoms with Crippen LogP contribution in [0.5, 0.6) is 0 Å². The average Bonchev–Trinajstić information content (AvgIpc) is 2.42. The number of hydrogen-bond acceptors (Lipinski definition) is 3. The van der Waals surface area contributed by atoms with E-state index < -0.39 is 0 Å². The van der Waals surface area contributed by atoms with E-state index in [2.05, 4.69) is 4.98 Å². The van der Waals surface area contributed by atoms with Crippen molar-refractivity contribution in [3.05, 3.63) is 28.4 Å². The maximum atomic E-state index is 11.3. The van der Waals surface area contributed by atoms with Crippen LogP contribution in [0.3, 0.4) is 0 Å². The SMILES string of the molecule is Cc1sc2cncc(C)c2c1C(N)=O. The molecule has 0 aliphatic carbocycles. The van der Waals surface area contributed by atoms with Crippen LogP contribution < -0.4 is 5.73 Å². The zero-order valence-electron chi connectivity index (χ0n) is 8.00. The third-order valence-corrected chi connectivity index (χ3v) is 3.25. The summed E-state index contributed by atoms with van der Waals surface area (Å²) in [5.74, 6) is -0.358. The van der Waals surface area contributed by atoms with Crippen molar-refractivity contribution >= 4 is 27.3 Å². The number of carbonyl (C=O) groups excluding carboxylic acids is 1. The summed E-state index contributed by atoms with van der Waals surface area (Å²) in [5, 5.41) is 0.954. The van der Waals surface area contributed by atoms with Crippen LogP contribution in [0, 0.1) is 13.8 Å². The molecule has 0 aliphatic rings. The van der Waals surface area contributed by atoms with Gasteiger partial charge in [0.2, 0.25) is 5.91 Å². The van der Waals surface area contributed by atoms with Crippen molar-refractivity contribution in [3.63, 3.8) is 0 Å². The summed E-state index contributed by atoms with van der Waals surface area (Å²) in [4.78, 5) is 16.3. The topological polar surface area (TPSA) is 56.0 Å². The lowest BCUT2D eigenvalue weighted by molar-refractivity contribution is 0.100. The molecule has 0 saturated carbocycles. The Morgan fingerprint density at radius 3 is 2.79 bits per heavy atom. The van der Waals surface area contributed by atoms with E-state index in [0.29, 0.717) is 5.56 Å². The summed E-state index contributed by atoms with van der Waals surface area (Å²) in [6.45, 7) is 3.85. The number of aromatic nitrogens is 1. The molecule has 2 N–H and O–H groups in total. The molecule has 0 radical (unpaired) electrons. The molecule has 0 spiro atoms. The van der Waals surface area contributed by atoms with Gasteiger partial charge < -0.3 is 5.73 Å². The highest BCUT2D eigenvalue weighted by Gasteiger charge is 2.15. The number of pyridine rings is 1. The number of aryl methyl sites for hydroxylation is 2. The average molecular weight is 206 g/mol. The zero-order valence-corrected chi connectivity index (χ0v) is 8.81. The number of carbonyl (C=O) groups is 1. The Hall–Kier alpha value is -1.42. The van der Waals surface area contributed by atoms with Gasteiger partial charge in [0.15, 0.2) is 0 Å². The van der Waals surface area contributed by atoms with E-state index >= 15 is 0 Å². The van der Waals surface area contributed by atoms with Gasteiger partial charge >= 0.3 is 0 Å². The number of nitrogens with two attached hydrogens (primary N) is 1. The fourth-order valence-corrected chi connectivity index (χ4v) is 2.74. The van der Waals surface area contributed by atoms with E-state index in [1.165, 1.54) is 0 Å². The number of nitrogens with zero attached hydrogens (tertiary/aromatic N) is 1. The fraction of sp³-hybridized carbons (Fsp3) is 0.200. The number of fused-ring (bicyclic) bond motifs is 1. The van der Waals surface area contributed by atoms with Gasteiger partial charge in [-0.25, -0.2) is 0 Å². The second-order valence-electron chi connectivity index (χ2n) is 3.23. The molecule has 0 atom stereocenters. The maximum Gasteiger partial charge on any atom is 0.250 e. The quantitative estimate of drug-likeness (QED) is 0.776. The zero-order chi connectivity index (χ0) is 10.3. The highest BCUT2D eigenvalue weighted by Crippen LogP contribution is 2.31. The van der Waals surface area contributed by atoms with Gasteiger partial charge in [0, 0.05) is 22.7 Å². The van der Waals surface area contributed by atoms with Crippen LogP contribution in [-0.2, 0) is 0 Å². The van der Waals surface area contributed by atoms with Crippen LogP contribution in [0.2, 0.25) is 0 Å². The van der Waals surface area contributed by atoms with E-state index in [0.717, 1.165) is 20.5 Å². The highest BCUT2D eigenvalue weighted by atomic mass is 32.1. The van der Waals surface area contributed by atoms with Gasteiger partial charge in [-0.3, -0.25) is 9.78 Å². The number of hydrogen-bond donors (Lipinski definition) is 1. The van der Waals surface area contributed by atoms with E-state index in [1.807, 2.05) is 13.8 Å². The smallest absolute Gasteiger partial charge is 0.250 e. The molecule has 4 heteroatoms. The second kappa shape index (κ2) is 3.06. The number of rotatable bonds is 1. The summed E-state index contributed by atoms with van der Waals surface area (Å²) < 4.78 is 1.02. The molecular weight excluding hydrogens is 196 g/mol. The van der Waals surface area contributed by atoms with Crippen molar-refractivity contribution < 1.29 is 4.79 Å². The highest BCUT2D eigenvalue weighted by molar-refractivity contribution is 7.19. The van der Waals surface area contributed by atoms with Crippen molar-refractivity contribution in [1.82, 2.24) is 4.98 Å². The fourth-order valence-electron chi connectivity index (χ4n) is 1.63. The van der Waals surface area contributed by atoms with E-state index in [1.54, 1.807) is 23.7 Å². The lowest BCUT2D eigenvalue weighted by Crippen LogP contribution is -2.11. The molecule has 2 aromatic heterocycles. The van der Waals surface area contributed by atoms with E-state index in [-0.39, 0.29) is 5.91 Å². The summed E-state index contributed by atoms with van der Waals surface area (Å²) >= 11 is 1.56. The summed E-state index contributed by atoms with van der Waals surface area (Å²) in [6.07, 6.45) is 3.52. The Balaban J connectivity index is 2.93. The lowest BCUT2D eigenvalue weighted by atomic mass is 10.1. The van der Waals surface area contributed by atoms with Crippen LogP contribution in [0.15, 0.2) is 12.4 Å². The summed E-state index contributed by atoms with van der Waals surface area (Å²) in [7, 11) is 0. The van der Waals surface area contributed by atoms with Crippen LogP contribution >= 0.6 is 11.3 Å². The molecule has 0 aromatic carbocycles. The molecule has 2 heterocycles. The van der Waals surface area contributed by atoms with Gasteiger partial charge in [-0.15, -0.1) is 11.3 Å². The monoisotopic (exact) mass is 206 g/mol. The van der Waals surface area contributed by atoms with Gasteiger partial charge in [0.05, 0.1) is 10.3 Å². The molecule has 0 saturated heterocycles. The van der Waals surface area contributed by atoms with Crippen molar-refractivity contribution in [2.24, 2.45) is 5.73 Å². The predicted octanol–water partition coefficient (Wildman–Crippen LogP) is 2.01. The second-order valence-corrected chi connectivity index (χ2v) is 4.48. The van der Waals surface area contributed by atoms with Crippen molar-refractivity contribution in [2.45, 2.75) is 13.8 Å². The molecule has 14 heavy (non-hydrogen) atoms. The van der Waals surface area contributed by atoms with Gasteiger partial charge in [0.1, 0.15) is 0 Å². The molecular formula is C10H10N2OS. The van der Waals surface area contributed by atoms with Crippen molar-refractivity contribution in [3.8, 4) is 0 Å². The molecule has 2 aromatic rings. The standard InChI is InChI=1S/C10H10N2OS/c1-5-3-12-4-7-8(5)9(10(11)13)6(2)14-7/h3-4H,1-2H3,(H2,11,13). The minimum Gasteiger partial charge on any atom is -0.366 e. The molecule has 0 unspecified atom stereocenters. The first-order valence-corrected chi connectivity index (χ1v) is 5.06. The Labute approximate surface area is 85.6 Å². The maximum absolute atomic E-state index is 11.3. The minimum atomic E-state index is -0.358. The van der Waals surface area contributed by atoms with Crippen molar-refractivity contribution in [1.29, 1.82) is 0 Å². The first-order valence-electron chi connectivity index (χ1n) is 4.24. The van der Waals surface area contributed by atoms with E-state index in [4.69, 9.17) is 5.73 Å². The van der Waals surface area contributed by atoms with Gasteiger partial charge in [-0.1, -0.05) is 0 Å². The van der Waals surface area contributed by atoms with Crippen LogP contribution in [-0.4, -0.2) is 10.9 Å². The third-order valence-electron chi connectivity index (χ3n) is 2.21. The molecule has 0 bridgehead atoms. The van der Waals surface area contributed by atoms with Crippen LogP contribution in [0.25, 0.3) is 10.1 Å². The molecule has 0 aliphatic heterocycles. The lowest BCUT2D eigenvalue weighted by Gasteiger charge is -1.98. The van der Waals surface area contributed by atoms with Crippen molar-refractivity contribution in [2.75, 3.05) is 0 Å².